The summed E-state index contributed by atoms with van der Waals surface area (Å²) in [4.78, 5) is 5.42. The summed E-state index contributed by atoms with van der Waals surface area (Å²) in [6.45, 7) is 0. The Bertz CT molecular complexity index is 252. The molecule has 0 radical (unpaired) electrons. The molecule has 0 bridgehead atoms. The molecule has 3 heteroatoms. The molecule has 1 aliphatic rings. The fourth-order valence-corrected chi connectivity index (χ4v) is 2.97. The average Bonchev–Trinajstić information content (AvgIpc) is 2.72. The Morgan fingerprint density at radius 3 is 2.86 bits per heavy atom. The third-order valence-corrected chi connectivity index (χ3v) is 3.98. The second kappa shape index (κ2) is 4.89. The van der Waals surface area contributed by atoms with Gasteiger partial charge in [0.15, 0.2) is 0 Å². The molecule has 1 fully saturated rings. The van der Waals surface area contributed by atoms with Gasteiger partial charge in [-0.05, 0) is 25.2 Å². The summed E-state index contributed by atoms with van der Waals surface area (Å²) in [6.07, 6.45) is 9.80. The summed E-state index contributed by atoms with van der Waals surface area (Å²) in [6, 6.07) is 0.357. The van der Waals surface area contributed by atoms with Gasteiger partial charge >= 0.3 is 0 Å². The van der Waals surface area contributed by atoms with E-state index in [0.29, 0.717) is 6.04 Å². The van der Waals surface area contributed by atoms with Crippen molar-refractivity contribution in [2.24, 2.45) is 11.7 Å². The van der Waals surface area contributed by atoms with Crippen molar-refractivity contribution in [3.05, 3.63) is 16.6 Å². The average molecular weight is 210 g/mol. The van der Waals surface area contributed by atoms with Gasteiger partial charge in [-0.1, -0.05) is 19.3 Å². The lowest BCUT2D eigenvalue weighted by Crippen LogP contribution is -2.33. The first kappa shape index (κ1) is 10.1. The van der Waals surface area contributed by atoms with Gasteiger partial charge in [-0.3, -0.25) is 4.98 Å². The van der Waals surface area contributed by atoms with Crippen LogP contribution in [0.2, 0.25) is 0 Å². The molecule has 14 heavy (non-hydrogen) atoms. The molecule has 0 amide bonds. The van der Waals surface area contributed by atoms with Crippen LogP contribution in [-0.4, -0.2) is 11.0 Å². The molecule has 0 saturated heterocycles. The molecule has 78 valence electrons. The van der Waals surface area contributed by atoms with Gasteiger partial charge in [-0.25, -0.2) is 0 Å². The minimum Gasteiger partial charge on any atom is -0.327 e. The quantitative estimate of drug-likeness (QED) is 0.833. The van der Waals surface area contributed by atoms with E-state index < -0.39 is 0 Å². The van der Waals surface area contributed by atoms with Crippen LogP contribution in [0.5, 0.6) is 0 Å². The summed E-state index contributed by atoms with van der Waals surface area (Å²) in [5, 5.41) is 0. The zero-order chi connectivity index (χ0) is 9.80. The van der Waals surface area contributed by atoms with E-state index in [-0.39, 0.29) is 0 Å². The van der Waals surface area contributed by atoms with Crippen molar-refractivity contribution in [1.29, 1.82) is 0 Å². The number of hydrogen-bond acceptors (Lipinski definition) is 3. The van der Waals surface area contributed by atoms with E-state index in [0.717, 1.165) is 12.3 Å². The van der Waals surface area contributed by atoms with Gasteiger partial charge in [0.25, 0.3) is 0 Å². The van der Waals surface area contributed by atoms with Crippen LogP contribution < -0.4 is 5.73 Å². The van der Waals surface area contributed by atoms with Crippen molar-refractivity contribution >= 4 is 11.3 Å². The molecule has 1 heterocycles. The molecule has 1 atom stereocenters. The summed E-state index contributed by atoms with van der Waals surface area (Å²) in [7, 11) is 0. The standard InChI is InChI=1S/C11H18N2S/c12-11(6-10-7-13-8-14-10)9-4-2-1-3-5-9/h7-9,11H,1-6,12H2. The molecule has 1 saturated carbocycles. The Labute approximate surface area is 89.5 Å². The molecule has 0 aromatic carbocycles. The maximum Gasteiger partial charge on any atom is 0.0794 e. The Morgan fingerprint density at radius 2 is 2.21 bits per heavy atom. The first-order valence-corrected chi connectivity index (χ1v) is 6.37. The lowest BCUT2D eigenvalue weighted by molar-refractivity contribution is 0.304. The second-order valence-corrected chi connectivity index (χ2v) is 5.20. The molecular weight excluding hydrogens is 192 g/mol. The van der Waals surface area contributed by atoms with Crippen LogP contribution in [0.25, 0.3) is 0 Å². The van der Waals surface area contributed by atoms with Crippen molar-refractivity contribution in [3.63, 3.8) is 0 Å². The lowest BCUT2D eigenvalue weighted by atomic mass is 9.83. The Balaban J connectivity index is 1.85. The zero-order valence-corrected chi connectivity index (χ0v) is 9.30. The molecule has 2 rings (SSSR count). The summed E-state index contributed by atoms with van der Waals surface area (Å²) < 4.78 is 0. The van der Waals surface area contributed by atoms with Crippen LogP contribution in [0, 0.1) is 5.92 Å². The highest BCUT2D eigenvalue weighted by Crippen LogP contribution is 2.27. The lowest BCUT2D eigenvalue weighted by Gasteiger charge is -2.27. The SMILES string of the molecule is NC(Cc1cncs1)C1CCCCC1. The van der Waals surface area contributed by atoms with Crippen molar-refractivity contribution in [1.82, 2.24) is 4.98 Å². The molecule has 2 N–H and O–H groups in total. The van der Waals surface area contributed by atoms with Crippen LogP contribution in [0.3, 0.4) is 0 Å². The van der Waals surface area contributed by atoms with E-state index in [9.17, 15) is 0 Å². The van der Waals surface area contributed by atoms with Crippen LogP contribution in [0.4, 0.5) is 0 Å². The highest BCUT2D eigenvalue weighted by molar-refractivity contribution is 7.09. The molecular formula is C11H18N2S. The number of rotatable bonds is 3. The predicted molar refractivity (Wildman–Crippen MR) is 60.4 cm³/mol. The third kappa shape index (κ3) is 2.55. The summed E-state index contributed by atoms with van der Waals surface area (Å²) in [5.41, 5.74) is 8.11. The Morgan fingerprint density at radius 1 is 1.43 bits per heavy atom. The van der Waals surface area contributed by atoms with Crippen LogP contribution in [-0.2, 0) is 6.42 Å². The van der Waals surface area contributed by atoms with Crippen molar-refractivity contribution in [2.75, 3.05) is 0 Å². The second-order valence-electron chi connectivity index (χ2n) is 4.23. The van der Waals surface area contributed by atoms with Gasteiger partial charge in [-0.2, -0.15) is 0 Å². The molecule has 1 aliphatic carbocycles. The largest absolute Gasteiger partial charge is 0.327 e. The zero-order valence-electron chi connectivity index (χ0n) is 8.48. The van der Waals surface area contributed by atoms with Gasteiger partial charge < -0.3 is 5.73 Å². The van der Waals surface area contributed by atoms with E-state index in [1.54, 1.807) is 11.3 Å². The van der Waals surface area contributed by atoms with E-state index in [4.69, 9.17) is 5.73 Å². The summed E-state index contributed by atoms with van der Waals surface area (Å²) >= 11 is 1.72. The van der Waals surface area contributed by atoms with Crippen LogP contribution in [0.1, 0.15) is 37.0 Å². The monoisotopic (exact) mass is 210 g/mol. The molecule has 2 nitrogen and oxygen atoms in total. The van der Waals surface area contributed by atoms with Gasteiger partial charge in [-0.15, -0.1) is 11.3 Å². The number of aromatic nitrogens is 1. The van der Waals surface area contributed by atoms with E-state index >= 15 is 0 Å². The highest BCUT2D eigenvalue weighted by Gasteiger charge is 2.20. The first-order valence-electron chi connectivity index (χ1n) is 5.49. The van der Waals surface area contributed by atoms with Gasteiger partial charge in [0, 0.05) is 17.1 Å². The normalized spacial score (nSPS) is 20.9. The van der Waals surface area contributed by atoms with E-state index in [1.165, 1.54) is 37.0 Å². The molecule has 1 aromatic heterocycles. The molecule has 1 aromatic rings. The highest BCUT2D eigenvalue weighted by atomic mass is 32.1. The fraction of sp³-hybridized carbons (Fsp3) is 0.727. The molecule has 0 spiro atoms. The number of hydrogen-bond donors (Lipinski definition) is 1. The maximum atomic E-state index is 6.22. The maximum absolute atomic E-state index is 6.22. The smallest absolute Gasteiger partial charge is 0.0794 e. The van der Waals surface area contributed by atoms with Crippen molar-refractivity contribution < 1.29 is 0 Å². The van der Waals surface area contributed by atoms with Crippen molar-refractivity contribution in [3.8, 4) is 0 Å². The van der Waals surface area contributed by atoms with Gasteiger partial charge in [0.2, 0.25) is 0 Å². The van der Waals surface area contributed by atoms with Crippen LogP contribution in [0.15, 0.2) is 11.7 Å². The van der Waals surface area contributed by atoms with E-state index in [1.807, 2.05) is 11.7 Å². The molecule has 1 unspecified atom stereocenters. The number of nitrogens with zero attached hydrogens (tertiary/aromatic N) is 1. The topological polar surface area (TPSA) is 38.9 Å². The van der Waals surface area contributed by atoms with Gasteiger partial charge in [0.05, 0.1) is 5.51 Å². The summed E-state index contributed by atoms with van der Waals surface area (Å²) in [5.74, 6) is 0.755. The minimum atomic E-state index is 0.357. The van der Waals surface area contributed by atoms with Gasteiger partial charge in [0.1, 0.15) is 0 Å². The van der Waals surface area contributed by atoms with Crippen molar-refractivity contribution in [2.45, 2.75) is 44.6 Å². The minimum absolute atomic E-state index is 0.357. The first-order chi connectivity index (χ1) is 6.86. The fourth-order valence-electron chi connectivity index (χ4n) is 2.30. The van der Waals surface area contributed by atoms with E-state index in [2.05, 4.69) is 4.98 Å². The number of nitrogens with two attached hydrogens (primary N) is 1. The third-order valence-electron chi connectivity index (χ3n) is 3.18. The predicted octanol–water partition coefficient (Wildman–Crippen LogP) is 2.59. The molecule has 0 aliphatic heterocycles. The Hall–Kier alpha value is -0.410. The number of thiazole rings is 1. The Kier molecular flexibility index (Phi) is 3.54. The van der Waals surface area contributed by atoms with Crippen LogP contribution >= 0.6 is 11.3 Å².